The maximum Gasteiger partial charge on any atom is 0.248 e. The normalized spacial score (nSPS) is 48.9. The molecule has 5 heteroatoms. The van der Waals surface area contributed by atoms with Gasteiger partial charge in [0.15, 0.2) is 0 Å². The van der Waals surface area contributed by atoms with E-state index in [2.05, 4.69) is 13.8 Å². The zero-order valence-corrected chi connectivity index (χ0v) is 17.4. The Kier molecular flexibility index (Phi) is 5.59. The second-order valence-electron chi connectivity index (χ2n) is 11.0. The fourth-order valence-electron chi connectivity index (χ4n) is 8.72. The first kappa shape index (κ1) is 21.0. The highest BCUT2D eigenvalue weighted by molar-refractivity contribution is 5.10. The van der Waals surface area contributed by atoms with E-state index in [4.69, 9.17) is 0 Å². The third kappa shape index (κ3) is 2.90. The molecule has 0 saturated heterocycles. The molecule has 0 radical (unpaired) electrons. The van der Waals surface area contributed by atoms with E-state index in [0.29, 0.717) is 41.9 Å². The minimum atomic E-state index is -2.71. The third-order valence-corrected chi connectivity index (χ3v) is 9.91. The fraction of sp³-hybridized carbons (Fsp3) is 1.00. The molecule has 0 aromatic carbocycles. The maximum absolute atomic E-state index is 14.0. The molecule has 4 fully saturated rings. The molecule has 162 valence electrons. The van der Waals surface area contributed by atoms with Gasteiger partial charge in [-0.1, -0.05) is 13.8 Å². The lowest BCUT2D eigenvalue weighted by molar-refractivity contribution is -0.163. The highest BCUT2D eigenvalue weighted by Crippen LogP contribution is 2.67. The van der Waals surface area contributed by atoms with E-state index in [-0.39, 0.29) is 17.4 Å². The molecule has 0 aromatic heterocycles. The van der Waals surface area contributed by atoms with Crippen LogP contribution in [0.5, 0.6) is 0 Å². The molecule has 0 aliphatic heterocycles. The lowest BCUT2D eigenvalue weighted by Gasteiger charge is -2.58. The molecule has 0 heterocycles. The molecule has 0 amide bonds. The van der Waals surface area contributed by atoms with Crippen LogP contribution < -0.4 is 0 Å². The molecular weight excluding hydrogens is 362 g/mol. The number of alkyl halides is 2. The lowest BCUT2D eigenvalue weighted by Crippen LogP contribution is -2.55. The minimum absolute atomic E-state index is 0.210. The van der Waals surface area contributed by atoms with Gasteiger partial charge in [-0.15, -0.1) is 0 Å². The molecule has 9 atom stereocenters. The topological polar surface area (TPSA) is 60.7 Å². The van der Waals surface area contributed by atoms with Crippen molar-refractivity contribution in [3.63, 3.8) is 0 Å². The van der Waals surface area contributed by atoms with E-state index in [0.717, 1.165) is 38.5 Å². The Bertz CT molecular complexity index is 566. The van der Waals surface area contributed by atoms with Gasteiger partial charge in [-0.2, -0.15) is 0 Å². The Labute approximate surface area is 167 Å². The Morgan fingerprint density at radius 3 is 2.36 bits per heavy atom. The summed E-state index contributed by atoms with van der Waals surface area (Å²) in [5.41, 5.74) is -1.93. The monoisotopic (exact) mass is 400 g/mol. The van der Waals surface area contributed by atoms with Crippen molar-refractivity contribution in [2.75, 3.05) is 13.2 Å². The van der Waals surface area contributed by atoms with Gasteiger partial charge in [0.2, 0.25) is 6.43 Å². The standard InChI is InChI=1S/C23H38F2O3/c1-13-9-14-3-4-15-16(20(14)18(28)10-13)7-8-22(2)17(15)5-6-19(22)23(11-26,12-27)21(24)25/h13-21,26-28H,3-12H2,1-2H3/t13-,14-,15-,16-,17+,18?,19+,20+,22+/m1/s1. The van der Waals surface area contributed by atoms with Gasteiger partial charge in [0.05, 0.1) is 24.7 Å². The summed E-state index contributed by atoms with van der Waals surface area (Å²) in [6, 6.07) is 0. The van der Waals surface area contributed by atoms with Crippen LogP contribution in [0.15, 0.2) is 0 Å². The maximum atomic E-state index is 14.0. The number of halogens is 2. The first-order chi connectivity index (χ1) is 13.3. The molecule has 0 bridgehead atoms. The van der Waals surface area contributed by atoms with Crippen LogP contribution in [-0.4, -0.2) is 41.1 Å². The molecule has 28 heavy (non-hydrogen) atoms. The highest BCUT2D eigenvalue weighted by Gasteiger charge is 2.63. The van der Waals surface area contributed by atoms with Crippen LogP contribution >= 0.6 is 0 Å². The quantitative estimate of drug-likeness (QED) is 0.666. The largest absolute Gasteiger partial charge is 0.395 e. The van der Waals surface area contributed by atoms with Crippen molar-refractivity contribution in [3.05, 3.63) is 0 Å². The van der Waals surface area contributed by atoms with E-state index in [9.17, 15) is 24.1 Å². The van der Waals surface area contributed by atoms with Crippen molar-refractivity contribution in [3.8, 4) is 0 Å². The van der Waals surface area contributed by atoms with Gasteiger partial charge in [0.1, 0.15) is 0 Å². The zero-order valence-electron chi connectivity index (χ0n) is 17.4. The average molecular weight is 401 g/mol. The van der Waals surface area contributed by atoms with E-state index >= 15 is 0 Å². The molecule has 4 aliphatic rings. The smallest absolute Gasteiger partial charge is 0.248 e. The fourth-order valence-corrected chi connectivity index (χ4v) is 8.72. The van der Waals surface area contributed by atoms with Crippen LogP contribution in [0, 0.1) is 52.3 Å². The van der Waals surface area contributed by atoms with Crippen LogP contribution in [0.3, 0.4) is 0 Å². The Hall–Kier alpha value is -0.260. The predicted octanol–water partition coefficient (Wildman–Crippen LogP) is 4.10. The highest BCUT2D eigenvalue weighted by atomic mass is 19.3. The summed E-state index contributed by atoms with van der Waals surface area (Å²) in [7, 11) is 0. The Morgan fingerprint density at radius 1 is 1.00 bits per heavy atom. The number of hydrogen-bond acceptors (Lipinski definition) is 3. The number of aliphatic hydroxyl groups is 3. The lowest BCUT2D eigenvalue weighted by atomic mass is 9.47. The average Bonchev–Trinajstić information content (AvgIpc) is 3.00. The van der Waals surface area contributed by atoms with Gasteiger partial charge in [-0.25, -0.2) is 8.78 Å². The second-order valence-corrected chi connectivity index (χ2v) is 11.0. The van der Waals surface area contributed by atoms with Gasteiger partial charge < -0.3 is 15.3 Å². The van der Waals surface area contributed by atoms with E-state index in [1.807, 2.05) is 0 Å². The molecule has 3 N–H and O–H groups in total. The van der Waals surface area contributed by atoms with Crippen molar-refractivity contribution in [2.24, 2.45) is 52.3 Å². The van der Waals surface area contributed by atoms with E-state index in [1.54, 1.807) is 0 Å². The Morgan fingerprint density at radius 2 is 1.71 bits per heavy atom. The summed E-state index contributed by atoms with van der Waals surface area (Å²) < 4.78 is 28.0. The first-order valence-corrected chi connectivity index (χ1v) is 11.5. The molecule has 4 aliphatic carbocycles. The number of fused-ring (bicyclic) bond motifs is 5. The third-order valence-electron chi connectivity index (χ3n) is 9.91. The molecule has 0 aromatic rings. The van der Waals surface area contributed by atoms with Gasteiger partial charge in [0, 0.05) is 0 Å². The molecule has 4 saturated carbocycles. The van der Waals surface area contributed by atoms with Crippen LogP contribution in [0.4, 0.5) is 8.78 Å². The van der Waals surface area contributed by atoms with Gasteiger partial charge in [0.25, 0.3) is 0 Å². The molecular formula is C23H38F2O3. The first-order valence-electron chi connectivity index (χ1n) is 11.5. The van der Waals surface area contributed by atoms with Crippen molar-refractivity contribution in [1.82, 2.24) is 0 Å². The number of aliphatic hydroxyl groups excluding tert-OH is 3. The summed E-state index contributed by atoms with van der Waals surface area (Å²) in [6.45, 7) is 3.10. The summed E-state index contributed by atoms with van der Waals surface area (Å²) >= 11 is 0. The zero-order chi connectivity index (χ0) is 20.3. The van der Waals surface area contributed by atoms with Crippen LogP contribution in [-0.2, 0) is 0 Å². The molecule has 4 rings (SSSR count). The SMILES string of the molecule is C[C@H]1CC(O)[C@H]2[C@H](CC[C@@H]3[C@H]2CC[C@]2(C)[C@@H](C(CO)(CO)C(F)F)CC[C@@H]32)C1. The van der Waals surface area contributed by atoms with Crippen molar-refractivity contribution in [1.29, 1.82) is 0 Å². The molecule has 3 nitrogen and oxygen atoms in total. The summed E-state index contributed by atoms with van der Waals surface area (Å²) in [5.74, 6) is 2.65. The number of rotatable bonds is 4. The van der Waals surface area contributed by atoms with Gasteiger partial charge >= 0.3 is 0 Å². The minimum Gasteiger partial charge on any atom is -0.395 e. The van der Waals surface area contributed by atoms with Crippen LogP contribution in [0.1, 0.15) is 65.2 Å². The van der Waals surface area contributed by atoms with Gasteiger partial charge in [-0.3, -0.25) is 0 Å². The number of hydrogen-bond donors (Lipinski definition) is 3. The van der Waals surface area contributed by atoms with E-state index < -0.39 is 25.1 Å². The van der Waals surface area contributed by atoms with Crippen LogP contribution in [0.2, 0.25) is 0 Å². The summed E-state index contributed by atoms with van der Waals surface area (Å²) in [4.78, 5) is 0. The molecule has 0 spiro atoms. The summed E-state index contributed by atoms with van der Waals surface area (Å²) in [5, 5.41) is 30.7. The summed E-state index contributed by atoms with van der Waals surface area (Å²) in [6.07, 6.45) is 4.97. The van der Waals surface area contributed by atoms with Crippen molar-refractivity contribution >= 4 is 0 Å². The van der Waals surface area contributed by atoms with Crippen molar-refractivity contribution < 1.29 is 24.1 Å². The van der Waals surface area contributed by atoms with E-state index in [1.165, 1.54) is 6.42 Å². The predicted molar refractivity (Wildman–Crippen MR) is 104 cm³/mol. The van der Waals surface area contributed by atoms with Crippen molar-refractivity contribution in [2.45, 2.75) is 77.7 Å². The van der Waals surface area contributed by atoms with Crippen LogP contribution in [0.25, 0.3) is 0 Å². The Balaban J connectivity index is 1.60. The molecule has 1 unspecified atom stereocenters. The second kappa shape index (κ2) is 7.46. The van der Waals surface area contributed by atoms with Gasteiger partial charge in [-0.05, 0) is 98.2 Å².